The van der Waals surface area contributed by atoms with Gasteiger partial charge in [0.2, 0.25) is 34.8 Å². The summed E-state index contributed by atoms with van der Waals surface area (Å²) in [5.41, 5.74) is 0. The predicted molar refractivity (Wildman–Crippen MR) is 110 cm³/mol. The Balaban J connectivity index is 1.87. The number of carbonyl (C=O) groups is 1. The first-order valence-corrected chi connectivity index (χ1v) is 12.0. The van der Waals surface area contributed by atoms with Gasteiger partial charge in [-0.25, -0.2) is 17.7 Å². The molecule has 1 fully saturated rings. The molecule has 3 rings (SSSR count). The fraction of sp³-hybridized carbons (Fsp3) is 0.409. The van der Waals surface area contributed by atoms with Crippen LogP contribution in [0.15, 0.2) is 30.3 Å². The smallest absolute Gasteiger partial charge is 0.405 e. The highest BCUT2D eigenvalue weighted by Gasteiger charge is 2.38. The average Bonchev–Trinajstić information content (AvgIpc) is 2.80. The second-order valence-electron chi connectivity index (χ2n) is 7.92. The van der Waals surface area contributed by atoms with Crippen molar-refractivity contribution in [2.75, 3.05) is 0 Å². The van der Waals surface area contributed by atoms with Crippen LogP contribution in [0.2, 0.25) is 0 Å². The maximum Gasteiger partial charge on any atom is 0.513 e. The van der Waals surface area contributed by atoms with E-state index >= 15 is 0 Å². The molecule has 1 saturated carbocycles. The number of nitrogens with one attached hydrogen (secondary N) is 1. The largest absolute Gasteiger partial charge is 0.513 e. The lowest BCUT2D eigenvalue weighted by Gasteiger charge is -2.25. The summed E-state index contributed by atoms with van der Waals surface area (Å²) in [7, 11) is -4.84. The van der Waals surface area contributed by atoms with E-state index in [0.29, 0.717) is 0 Å². The van der Waals surface area contributed by atoms with Gasteiger partial charge in [-0.05, 0) is 25.0 Å². The second kappa shape index (κ2) is 10.7. The number of hydrogen-bond donors (Lipinski definition) is 1. The molecule has 33 heavy (non-hydrogen) atoms. The average molecular weight is 491 g/mol. The van der Waals surface area contributed by atoms with Crippen molar-refractivity contribution in [1.82, 2.24) is 5.09 Å². The summed E-state index contributed by atoms with van der Waals surface area (Å²) in [4.78, 5) is 12.7. The summed E-state index contributed by atoms with van der Waals surface area (Å²) in [5.74, 6) is -13.6. The minimum atomic E-state index is -4.84. The van der Waals surface area contributed by atoms with Gasteiger partial charge in [-0.1, -0.05) is 50.3 Å². The molecule has 11 heteroatoms. The van der Waals surface area contributed by atoms with Gasteiger partial charge in [0.15, 0.2) is 0 Å². The third-order valence-corrected chi connectivity index (χ3v) is 6.98. The van der Waals surface area contributed by atoms with Crippen molar-refractivity contribution < 1.29 is 40.4 Å². The van der Waals surface area contributed by atoms with E-state index in [0.717, 1.165) is 32.1 Å². The van der Waals surface area contributed by atoms with Crippen LogP contribution in [0.3, 0.4) is 0 Å². The van der Waals surface area contributed by atoms with E-state index in [1.165, 1.54) is 31.2 Å². The Kier molecular flexibility index (Phi) is 8.13. The lowest BCUT2D eigenvalue weighted by molar-refractivity contribution is -0.121. The maximum absolute atomic E-state index is 14.2. The molecule has 2 atom stereocenters. The monoisotopic (exact) mass is 491 g/mol. The van der Waals surface area contributed by atoms with Crippen LogP contribution in [0.4, 0.5) is 22.0 Å². The summed E-state index contributed by atoms with van der Waals surface area (Å²) in [6.45, 7) is 1.36. The Morgan fingerprint density at radius 2 is 1.48 bits per heavy atom. The van der Waals surface area contributed by atoms with Gasteiger partial charge in [0.05, 0.1) is 6.04 Å². The van der Waals surface area contributed by atoms with Gasteiger partial charge in [-0.15, -0.1) is 0 Å². The molecule has 0 saturated heterocycles. The molecule has 1 N–H and O–H groups in total. The maximum atomic E-state index is 14.2. The lowest BCUT2D eigenvalue weighted by atomic mass is 9.85. The molecule has 1 aliphatic carbocycles. The minimum absolute atomic E-state index is 0.0795. The van der Waals surface area contributed by atoms with Crippen LogP contribution in [0.25, 0.3) is 0 Å². The Bertz CT molecular complexity index is 1020. The van der Waals surface area contributed by atoms with Crippen LogP contribution in [0, 0.1) is 35.0 Å². The van der Waals surface area contributed by atoms with Crippen molar-refractivity contribution in [3.8, 4) is 11.5 Å². The van der Waals surface area contributed by atoms with Crippen molar-refractivity contribution in [1.29, 1.82) is 0 Å². The molecular formula is C22H23F5NO4P. The topological polar surface area (TPSA) is 64.6 Å². The zero-order valence-corrected chi connectivity index (χ0v) is 18.6. The minimum Gasteiger partial charge on any atom is -0.405 e. The molecule has 0 bridgehead atoms. The molecule has 0 spiro atoms. The van der Waals surface area contributed by atoms with E-state index in [2.05, 4.69) is 5.09 Å². The van der Waals surface area contributed by atoms with Gasteiger partial charge < -0.3 is 9.05 Å². The fourth-order valence-corrected chi connectivity index (χ4v) is 5.20. The summed E-state index contributed by atoms with van der Waals surface area (Å²) < 4.78 is 92.3. The molecule has 0 radical (unpaired) electrons. The highest BCUT2D eigenvalue weighted by Crippen LogP contribution is 2.47. The van der Waals surface area contributed by atoms with Crippen LogP contribution < -0.4 is 14.1 Å². The Hall–Kier alpha value is -2.45. The third-order valence-electron chi connectivity index (χ3n) is 5.40. The Morgan fingerprint density at radius 3 is 2.06 bits per heavy atom. The Labute approximate surface area is 187 Å². The molecule has 1 aliphatic rings. The van der Waals surface area contributed by atoms with Crippen LogP contribution in [-0.4, -0.2) is 11.8 Å². The van der Waals surface area contributed by atoms with E-state index in [4.69, 9.17) is 9.05 Å². The number of carbonyl (C=O) groups excluding carboxylic acids is 1. The number of para-hydroxylation sites is 1. The summed E-state index contributed by atoms with van der Waals surface area (Å²) in [6.07, 6.45) is 5.02. The molecule has 0 aliphatic heterocycles. The SMILES string of the molecule is C[C@H](NP(=O)(Oc1ccccc1)Oc1c(F)c(F)c(F)c(F)c1F)C(=O)CC1CCCCC1. The molecule has 1 unspecified atom stereocenters. The molecule has 2 aromatic carbocycles. The van der Waals surface area contributed by atoms with Gasteiger partial charge in [0, 0.05) is 6.42 Å². The van der Waals surface area contributed by atoms with Gasteiger partial charge in [0.25, 0.3) is 0 Å². The van der Waals surface area contributed by atoms with E-state index in [9.17, 15) is 31.3 Å². The fourth-order valence-electron chi connectivity index (χ4n) is 3.64. The predicted octanol–water partition coefficient (Wildman–Crippen LogP) is 6.47. The molecular weight excluding hydrogens is 468 g/mol. The first kappa shape index (κ1) is 25.2. The van der Waals surface area contributed by atoms with E-state index in [1.807, 2.05) is 0 Å². The molecule has 0 aromatic heterocycles. The molecule has 0 amide bonds. The highest BCUT2D eigenvalue weighted by molar-refractivity contribution is 7.52. The van der Waals surface area contributed by atoms with E-state index in [1.54, 1.807) is 6.07 Å². The van der Waals surface area contributed by atoms with Crippen molar-refractivity contribution >= 4 is 13.5 Å². The normalized spacial score (nSPS) is 17.3. The molecule has 180 valence electrons. The van der Waals surface area contributed by atoms with Crippen LogP contribution in [-0.2, 0) is 9.36 Å². The Morgan fingerprint density at radius 1 is 0.939 bits per heavy atom. The van der Waals surface area contributed by atoms with E-state index in [-0.39, 0.29) is 23.9 Å². The molecule has 0 heterocycles. The third kappa shape index (κ3) is 6.12. The molecule has 5 nitrogen and oxygen atoms in total. The quantitative estimate of drug-likeness (QED) is 0.189. The zero-order valence-electron chi connectivity index (χ0n) is 17.8. The number of ketones is 1. The van der Waals surface area contributed by atoms with Crippen LogP contribution in [0.5, 0.6) is 11.5 Å². The summed E-state index contributed by atoms with van der Waals surface area (Å²) >= 11 is 0. The van der Waals surface area contributed by atoms with Gasteiger partial charge in [0.1, 0.15) is 11.5 Å². The van der Waals surface area contributed by atoms with Gasteiger partial charge >= 0.3 is 7.75 Å². The number of rotatable bonds is 9. The van der Waals surface area contributed by atoms with Gasteiger partial charge in [-0.3, -0.25) is 4.79 Å². The zero-order chi connectivity index (χ0) is 24.2. The standard InChI is InChI=1S/C22H23F5NO4P/c1-13(16(29)12-14-8-4-2-5-9-14)28-33(30,31-15-10-6-3-7-11-15)32-22-20(26)18(24)17(23)19(25)21(22)27/h3,6-7,10-11,13-14H,2,4-5,8-9,12H2,1H3,(H,28,30)/t13-,33?/m0/s1. The number of hydrogen-bond acceptors (Lipinski definition) is 4. The van der Waals surface area contributed by atoms with Crippen LogP contribution in [0.1, 0.15) is 45.4 Å². The van der Waals surface area contributed by atoms with Crippen molar-refractivity contribution in [3.63, 3.8) is 0 Å². The lowest BCUT2D eigenvalue weighted by Crippen LogP contribution is -2.35. The van der Waals surface area contributed by atoms with Crippen molar-refractivity contribution in [2.45, 2.75) is 51.5 Å². The summed E-state index contributed by atoms with van der Waals surface area (Å²) in [6, 6.07) is 6.12. The number of benzene rings is 2. The van der Waals surface area contributed by atoms with Gasteiger partial charge in [-0.2, -0.15) is 13.9 Å². The summed E-state index contributed by atoms with van der Waals surface area (Å²) in [5, 5.41) is 2.28. The van der Waals surface area contributed by atoms with Crippen molar-refractivity contribution in [3.05, 3.63) is 59.4 Å². The highest BCUT2D eigenvalue weighted by atomic mass is 31.2. The molecule has 2 aromatic rings. The van der Waals surface area contributed by atoms with E-state index < -0.39 is 48.6 Å². The van der Waals surface area contributed by atoms with Crippen molar-refractivity contribution in [2.24, 2.45) is 5.92 Å². The second-order valence-corrected chi connectivity index (χ2v) is 9.54. The number of Topliss-reactive ketones (excluding diaryl/α,β-unsaturated/α-hetero) is 1. The number of halogens is 5. The first-order valence-electron chi connectivity index (χ1n) is 10.5. The first-order chi connectivity index (χ1) is 15.6. The van der Waals surface area contributed by atoms with Crippen LogP contribution >= 0.6 is 7.75 Å².